The molecular weight excluding hydrogens is 228 g/mol. The van der Waals surface area contributed by atoms with Crippen molar-refractivity contribution in [1.82, 2.24) is 10.6 Å². The highest BCUT2D eigenvalue weighted by molar-refractivity contribution is 5.74. The molecule has 0 radical (unpaired) electrons. The first kappa shape index (κ1) is 14.5. The first-order valence-corrected chi connectivity index (χ1v) is 6.45. The Morgan fingerprint density at radius 2 is 2.06 bits per heavy atom. The van der Waals surface area contributed by atoms with Gasteiger partial charge in [0, 0.05) is 6.54 Å². The third-order valence-electron chi connectivity index (χ3n) is 2.82. The van der Waals surface area contributed by atoms with E-state index >= 15 is 0 Å². The van der Waals surface area contributed by atoms with Gasteiger partial charge in [0.1, 0.15) is 0 Å². The van der Waals surface area contributed by atoms with Crippen molar-refractivity contribution >= 4 is 6.03 Å². The first-order chi connectivity index (χ1) is 8.76. The summed E-state index contributed by atoms with van der Waals surface area (Å²) in [6, 6.07) is 9.83. The van der Waals surface area contributed by atoms with Gasteiger partial charge in [-0.1, -0.05) is 37.3 Å². The minimum absolute atomic E-state index is 0.0199. The van der Waals surface area contributed by atoms with Crippen LogP contribution in [-0.4, -0.2) is 30.3 Å². The predicted octanol–water partition coefficient (Wildman–Crippen LogP) is 1.69. The van der Waals surface area contributed by atoms with E-state index in [2.05, 4.69) is 22.8 Å². The number of carbonyl (C=O) groups excluding carboxylic acids is 1. The molecule has 0 saturated carbocycles. The van der Waals surface area contributed by atoms with E-state index in [1.54, 1.807) is 0 Å². The maximum Gasteiger partial charge on any atom is 0.315 e. The smallest absolute Gasteiger partial charge is 0.315 e. The van der Waals surface area contributed by atoms with Gasteiger partial charge in [0.25, 0.3) is 0 Å². The molecule has 1 aromatic carbocycles. The number of amides is 2. The van der Waals surface area contributed by atoms with Crippen LogP contribution in [0.1, 0.15) is 25.3 Å². The standard InChI is InChI=1S/C14H22N2O2/c1-2-13(11-17)16-14(18)15-10-6-9-12-7-4-3-5-8-12/h3-5,7-8,13,17H,2,6,9-11H2,1H3,(H2,15,16,18). The van der Waals surface area contributed by atoms with Crippen molar-refractivity contribution in [3.8, 4) is 0 Å². The molecular formula is C14H22N2O2. The zero-order valence-corrected chi connectivity index (χ0v) is 10.9. The molecule has 0 spiro atoms. The van der Waals surface area contributed by atoms with Crippen molar-refractivity contribution < 1.29 is 9.90 Å². The molecule has 18 heavy (non-hydrogen) atoms. The molecule has 0 heterocycles. The number of carbonyl (C=O) groups is 1. The van der Waals surface area contributed by atoms with Crippen molar-refractivity contribution in [3.63, 3.8) is 0 Å². The topological polar surface area (TPSA) is 61.4 Å². The fourth-order valence-electron chi connectivity index (χ4n) is 1.65. The number of urea groups is 1. The van der Waals surface area contributed by atoms with Gasteiger partial charge in [0.2, 0.25) is 0 Å². The molecule has 4 heteroatoms. The summed E-state index contributed by atoms with van der Waals surface area (Å²) in [5.74, 6) is 0. The second-order valence-corrected chi connectivity index (χ2v) is 4.28. The van der Waals surface area contributed by atoms with Gasteiger partial charge in [-0.15, -0.1) is 0 Å². The van der Waals surface area contributed by atoms with Gasteiger partial charge in [0.05, 0.1) is 12.6 Å². The number of aryl methyl sites for hydroxylation is 1. The number of hydrogen-bond donors (Lipinski definition) is 3. The summed E-state index contributed by atoms with van der Waals surface area (Å²) < 4.78 is 0. The highest BCUT2D eigenvalue weighted by atomic mass is 16.3. The maximum atomic E-state index is 11.4. The van der Waals surface area contributed by atoms with Crippen molar-refractivity contribution in [1.29, 1.82) is 0 Å². The van der Waals surface area contributed by atoms with Gasteiger partial charge >= 0.3 is 6.03 Å². The van der Waals surface area contributed by atoms with Crippen molar-refractivity contribution in [2.75, 3.05) is 13.2 Å². The predicted molar refractivity (Wildman–Crippen MR) is 72.5 cm³/mol. The number of hydrogen-bond acceptors (Lipinski definition) is 2. The minimum Gasteiger partial charge on any atom is -0.394 e. The summed E-state index contributed by atoms with van der Waals surface area (Å²) in [6.45, 7) is 2.55. The Morgan fingerprint density at radius 3 is 2.67 bits per heavy atom. The normalized spacial score (nSPS) is 11.9. The van der Waals surface area contributed by atoms with Crippen LogP contribution in [-0.2, 0) is 6.42 Å². The maximum absolute atomic E-state index is 11.4. The number of rotatable bonds is 7. The molecule has 0 saturated heterocycles. The van der Waals surface area contributed by atoms with E-state index in [1.807, 2.05) is 25.1 Å². The largest absolute Gasteiger partial charge is 0.394 e. The fourth-order valence-corrected chi connectivity index (χ4v) is 1.65. The second kappa shape index (κ2) is 8.53. The van der Waals surface area contributed by atoms with Crippen LogP contribution in [0.2, 0.25) is 0 Å². The lowest BCUT2D eigenvalue weighted by molar-refractivity contribution is 0.214. The zero-order chi connectivity index (χ0) is 13.2. The summed E-state index contributed by atoms with van der Waals surface area (Å²) in [4.78, 5) is 11.4. The molecule has 0 aliphatic rings. The Kier molecular flexibility index (Phi) is 6.87. The number of nitrogens with one attached hydrogen (secondary N) is 2. The van der Waals surface area contributed by atoms with Crippen LogP contribution in [0.15, 0.2) is 30.3 Å². The van der Waals surface area contributed by atoms with E-state index in [0.717, 1.165) is 19.3 Å². The Bertz CT molecular complexity index is 337. The van der Waals surface area contributed by atoms with Gasteiger partial charge < -0.3 is 15.7 Å². The molecule has 100 valence electrons. The van der Waals surface area contributed by atoms with Crippen LogP contribution < -0.4 is 10.6 Å². The van der Waals surface area contributed by atoms with E-state index in [1.165, 1.54) is 5.56 Å². The van der Waals surface area contributed by atoms with Crippen molar-refractivity contribution in [2.45, 2.75) is 32.2 Å². The quantitative estimate of drug-likeness (QED) is 0.645. The Morgan fingerprint density at radius 1 is 1.33 bits per heavy atom. The summed E-state index contributed by atoms with van der Waals surface area (Å²) in [5, 5.41) is 14.5. The SMILES string of the molecule is CCC(CO)NC(=O)NCCCc1ccccc1. The minimum atomic E-state index is -0.205. The molecule has 0 fully saturated rings. The average Bonchev–Trinajstić information content (AvgIpc) is 2.42. The zero-order valence-electron chi connectivity index (χ0n) is 10.9. The highest BCUT2D eigenvalue weighted by Crippen LogP contribution is 2.01. The van der Waals surface area contributed by atoms with E-state index in [0.29, 0.717) is 6.54 Å². The Hall–Kier alpha value is -1.55. The Labute approximate surface area is 108 Å². The van der Waals surface area contributed by atoms with Crippen LogP contribution in [0.25, 0.3) is 0 Å². The van der Waals surface area contributed by atoms with Gasteiger partial charge in [-0.25, -0.2) is 4.79 Å². The molecule has 0 bridgehead atoms. The molecule has 1 unspecified atom stereocenters. The summed E-state index contributed by atoms with van der Waals surface area (Å²) in [6.07, 6.45) is 2.60. The number of benzene rings is 1. The van der Waals surface area contributed by atoms with Crippen molar-refractivity contribution in [2.24, 2.45) is 0 Å². The molecule has 4 nitrogen and oxygen atoms in total. The molecule has 3 N–H and O–H groups in total. The van der Waals surface area contributed by atoms with Gasteiger partial charge in [-0.2, -0.15) is 0 Å². The molecule has 1 atom stereocenters. The van der Waals surface area contributed by atoms with Crippen LogP contribution in [0, 0.1) is 0 Å². The first-order valence-electron chi connectivity index (χ1n) is 6.45. The van der Waals surface area contributed by atoms with E-state index in [9.17, 15) is 4.79 Å². The molecule has 0 aliphatic heterocycles. The number of aliphatic hydroxyl groups excluding tert-OH is 1. The average molecular weight is 250 g/mol. The fraction of sp³-hybridized carbons (Fsp3) is 0.500. The van der Waals surface area contributed by atoms with Crippen LogP contribution in [0.3, 0.4) is 0 Å². The second-order valence-electron chi connectivity index (χ2n) is 4.28. The summed E-state index contributed by atoms with van der Waals surface area (Å²) in [7, 11) is 0. The van der Waals surface area contributed by atoms with Gasteiger partial charge in [0.15, 0.2) is 0 Å². The van der Waals surface area contributed by atoms with Gasteiger partial charge in [-0.3, -0.25) is 0 Å². The third-order valence-corrected chi connectivity index (χ3v) is 2.82. The van der Waals surface area contributed by atoms with Crippen molar-refractivity contribution in [3.05, 3.63) is 35.9 Å². The van der Waals surface area contributed by atoms with Crippen LogP contribution in [0.5, 0.6) is 0 Å². The highest BCUT2D eigenvalue weighted by Gasteiger charge is 2.07. The molecule has 1 aromatic rings. The van der Waals surface area contributed by atoms with Gasteiger partial charge in [-0.05, 0) is 24.8 Å². The summed E-state index contributed by atoms with van der Waals surface area (Å²) >= 11 is 0. The monoisotopic (exact) mass is 250 g/mol. The molecule has 2 amide bonds. The summed E-state index contributed by atoms with van der Waals surface area (Å²) in [5.41, 5.74) is 1.28. The Balaban J connectivity index is 2.12. The van der Waals surface area contributed by atoms with E-state index in [-0.39, 0.29) is 18.7 Å². The van der Waals surface area contributed by atoms with E-state index < -0.39 is 0 Å². The van der Waals surface area contributed by atoms with E-state index in [4.69, 9.17) is 5.11 Å². The lowest BCUT2D eigenvalue weighted by Crippen LogP contribution is -2.43. The number of aliphatic hydroxyl groups is 1. The molecule has 0 aliphatic carbocycles. The van der Waals surface area contributed by atoms with Crippen LogP contribution in [0.4, 0.5) is 4.79 Å². The van der Waals surface area contributed by atoms with Crippen LogP contribution >= 0.6 is 0 Å². The molecule has 0 aromatic heterocycles. The molecule has 1 rings (SSSR count). The lowest BCUT2D eigenvalue weighted by atomic mass is 10.1. The lowest BCUT2D eigenvalue weighted by Gasteiger charge is -2.14. The third kappa shape index (κ3) is 5.68.